The van der Waals surface area contributed by atoms with Gasteiger partial charge in [-0.15, -0.1) is 0 Å². The van der Waals surface area contributed by atoms with Gasteiger partial charge >= 0.3 is 0 Å². The molecule has 0 amide bonds. The third kappa shape index (κ3) is 13.3. The van der Waals surface area contributed by atoms with Gasteiger partial charge in [0.1, 0.15) is 0 Å². The van der Waals surface area contributed by atoms with Crippen molar-refractivity contribution < 1.29 is 9.53 Å². The maximum absolute atomic E-state index is 13.3. The van der Waals surface area contributed by atoms with Crippen LogP contribution in [0.15, 0.2) is 89.9 Å². The van der Waals surface area contributed by atoms with Gasteiger partial charge in [0.25, 0.3) is 0 Å². The van der Waals surface area contributed by atoms with E-state index in [4.69, 9.17) is 4.74 Å². The number of carbonyl (C=O) groups excluding carboxylic acids is 1. The van der Waals surface area contributed by atoms with Gasteiger partial charge in [-0.05, 0) is 82.2 Å². The maximum atomic E-state index is 13.3. The largest absolute Gasteiger partial charge is 0.381 e. The van der Waals surface area contributed by atoms with Gasteiger partial charge in [-0.2, -0.15) is 0 Å². The molecule has 40 heavy (non-hydrogen) atoms. The zero-order chi connectivity index (χ0) is 28.5. The van der Waals surface area contributed by atoms with E-state index in [9.17, 15) is 4.79 Å². The summed E-state index contributed by atoms with van der Waals surface area (Å²) in [7, 11) is 0. The van der Waals surface area contributed by atoms with Gasteiger partial charge in [-0.1, -0.05) is 91.7 Å². The van der Waals surface area contributed by atoms with E-state index >= 15 is 0 Å². The number of unbranched alkanes of at least 4 members (excludes halogenated alkanes) is 4. The Kier molecular flexibility index (Phi) is 13.8. The highest BCUT2D eigenvalue weighted by atomic mass is 16.5. The number of nitrogens with zero attached hydrogens (tertiary/aromatic N) is 2. The van der Waals surface area contributed by atoms with Crippen LogP contribution in [0.2, 0.25) is 0 Å². The second kappa shape index (κ2) is 17.6. The summed E-state index contributed by atoms with van der Waals surface area (Å²) < 4.78 is 5.86. The van der Waals surface area contributed by atoms with Gasteiger partial charge in [-0.3, -0.25) is 14.7 Å². The highest BCUT2D eigenvalue weighted by Crippen LogP contribution is 2.13. The number of aryl methyl sites for hydroxylation is 1. The quantitative estimate of drug-likeness (QED) is 0.0928. The third-order valence-electron chi connectivity index (χ3n) is 6.79. The van der Waals surface area contributed by atoms with Gasteiger partial charge in [0, 0.05) is 31.5 Å². The molecule has 0 saturated carbocycles. The first-order chi connectivity index (χ1) is 19.4. The predicted molar refractivity (Wildman–Crippen MR) is 169 cm³/mol. The van der Waals surface area contributed by atoms with Crippen LogP contribution >= 0.6 is 0 Å². The van der Waals surface area contributed by atoms with Crippen molar-refractivity contribution in [3.8, 4) is 0 Å². The van der Waals surface area contributed by atoms with E-state index in [-0.39, 0.29) is 11.3 Å². The molecular formula is C36H48N2O2. The minimum absolute atomic E-state index is 0.138. The molecule has 4 nitrogen and oxygen atoms in total. The maximum Gasteiger partial charge on any atom is 0.176 e. The number of hydrogen-bond acceptors (Lipinski definition) is 4. The van der Waals surface area contributed by atoms with Crippen LogP contribution in [0.4, 0.5) is 0 Å². The van der Waals surface area contributed by atoms with Crippen LogP contribution in [0.1, 0.15) is 86.3 Å². The highest BCUT2D eigenvalue weighted by Gasteiger charge is 2.14. The van der Waals surface area contributed by atoms with E-state index < -0.39 is 0 Å². The first-order valence-corrected chi connectivity index (χ1v) is 15.0. The molecule has 0 aromatic heterocycles. The lowest BCUT2D eigenvalue weighted by molar-refractivity contribution is 0.0923. The first kappa shape index (κ1) is 31.4. The van der Waals surface area contributed by atoms with Crippen molar-refractivity contribution in [1.29, 1.82) is 0 Å². The Bertz CT molecular complexity index is 1140. The Labute approximate surface area is 242 Å². The minimum atomic E-state index is -0.138. The van der Waals surface area contributed by atoms with Crippen molar-refractivity contribution in [3.05, 3.63) is 107 Å². The van der Waals surface area contributed by atoms with Crippen LogP contribution in [0, 0.1) is 0 Å². The standard InChI is InChI=1S/C36H48N2O2/c1-36(2,3)37-28-33-22-16-23-34(27-33)35(39)30-38(29-32-20-10-7-11-21-32)24-13-4-5-14-25-40-26-15-12-19-31-17-8-6-9-18-31/h6-11,16-18,20-23,27-28H,4-5,12-15,19,24-26,29-30H2,1-3H3/b37-28+. The summed E-state index contributed by atoms with van der Waals surface area (Å²) in [5.74, 6) is 0.155. The van der Waals surface area contributed by atoms with Gasteiger partial charge in [0.15, 0.2) is 5.78 Å². The Morgan fingerprint density at radius 2 is 1.43 bits per heavy atom. The topological polar surface area (TPSA) is 41.9 Å². The summed E-state index contributed by atoms with van der Waals surface area (Å²) in [5.41, 5.74) is 4.22. The van der Waals surface area contributed by atoms with Crippen LogP contribution in [0.25, 0.3) is 0 Å². The summed E-state index contributed by atoms with van der Waals surface area (Å²) in [5, 5.41) is 0. The number of ether oxygens (including phenoxy) is 1. The zero-order valence-electron chi connectivity index (χ0n) is 24.9. The van der Waals surface area contributed by atoms with E-state index in [0.29, 0.717) is 6.54 Å². The molecule has 0 spiro atoms. The summed E-state index contributed by atoms with van der Waals surface area (Å²) >= 11 is 0. The molecule has 0 fully saturated rings. The van der Waals surface area contributed by atoms with Crippen molar-refractivity contribution in [3.63, 3.8) is 0 Å². The van der Waals surface area contributed by atoms with Gasteiger partial charge in [0.2, 0.25) is 0 Å². The molecule has 0 bridgehead atoms. The molecule has 0 aliphatic carbocycles. The van der Waals surface area contributed by atoms with Crippen LogP contribution in [-0.2, 0) is 17.7 Å². The lowest BCUT2D eigenvalue weighted by Gasteiger charge is -2.22. The van der Waals surface area contributed by atoms with Gasteiger partial charge < -0.3 is 4.74 Å². The van der Waals surface area contributed by atoms with Crippen LogP contribution in [0.3, 0.4) is 0 Å². The van der Waals surface area contributed by atoms with Crippen LogP contribution < -0.4 is 0 Å². The van der Waals surface area contributed by atoms with E-state index in [0.717, 1.165) is 76.0 Å². The Balaban J connectivity index is 1.38. The number of rotatable bonds is 18. The van der Waals surface area contributed by atoms with Crippen LogP contribution in [0.5, 0.6) is 0 Å². The molecule has 0 heterocycles. The van der Waals surface area contributed by atoms with Crippen molar-refractivity contribution in [2.45, 2.75) is 77.8 Å². The monoisotopic (exact) mass is 540 g/mol. The Morgan fingerprint density at radius 3 is 2.12 bits per heavy atom. The molecule has 0 aliphatic heterocycles. The van der Waals surface area contributed by atoms with Crippen LogP contribution in [-0.4, -0.2) is 48.7 Å². The Hall–Kier alpha value is -3.08. The van der Waals surface area contributed by atoms with E-state index in [1.165, 1.54) is 17.5 Å². The molecule has 0 atom stereocenters. The fourth-order valence-electron chi connectivity index (χ4n) is 4.58. The summed E-state index contributed by atoms with van der Waals surface area (Å²) in [6.45, 7) is 10.0. The smallest absolute Gasteiger partial charge is 0.176 e. The Morgan fingerprint density at radius 1 is 0.775 bits per heavy atom. The minimum Gasteiger partial charge on any atom is -0.381 e. The zero-order valence-corrected chi connectivity index (χ0v) is 24.9. The van der Waals surface area contributed by atoms with Crippen molar-refractivity contribution in [2.24, 2.45) is 4.99 Å². The fraction of sp³-hybridized carbons (Fsp3) is 0.444. The highest BCUT2D eigenvalue weighted by molar-refractivity contribution is 5.99. The molecular weight excluding hydrogens is 492 g/mol. The summed E-state index contributed by atoms with van der Waals surface area (Å²) in [6, 6.07) is 28.9. The molecule has 4 heteroatoms. The molecule has 214 valence electrons. The van der Waals surface area contributed by atoms with E-state index in [1.807, 2.05) is 36.5 Å². The average molecular weight is 541 g/mol. The number of carbonyl (C=O) groups is 1. The number of aliphatic imine (C=N–C) groups is 1. The predicted octanol–water partition coefficient (Wildman–Crippen LogP) is 8.19. The first-order valence-electron chi connectivity index (χ1n) is 15.0. The number of ketones is 1. The van der Waals surface area contributed by atoms with Gasteiger partial charge in [-0.25, -0.2) is 0 Å². The molecule has 0 saturated heterocycles. The summed E-state index contributed by atoms with van der Waals surface area (Å²) in [4.78, 5) is 20.1. The van der Waals surface area contributed by atoms with Gasteiger partial charge in [0.05, 0.1) is 12.1 Å². The second-order valence-electron chi connectivity index (χ2n) is 11.6. The van der Waals surface area contributed by atoms with E-state index in [2.05, 4.69) is 85.3 Å². The number of hydrogen-bond donors (Lipinski definition) is 0. The molecule has 0 aliphatic rings. The van der Waals surface area contributed by atoms with Crippen molar-refractivity contribution in [1.82, 2.24) is 4.90 Å². The normalized spacial score (nSPS) is 11.9. The molecule has 0 unspecified atom stereocenters. The SMILES string of the molecule is CC(C)(C)/N=C/c1cccc(C(=O)CN(CCCCCCOCCCCc2ccccc2)Cc2ccccc2)c1. The summed E-state index contributed by atoms with van der Waals surface area (Å²) in [6.07, 6.45) is 9.77. The van der Waals surface area contributed by atoms with E-state index in [1.54, 1.807) is 0 Å². The molecule has 0 N–H and O–H groups in total. The molecule has 3 aromatic carbocycles. The molecule has 3 aromatic rings. The molecule has 0 radical (unpaired) electrons. The average Bonchev–Trinajstić information content (AvgIpc) is 2.95. The lowest BCUT2D eigenvalue weighted by Crippen LogP contribution is -2.30. The van der Waals surface area contributed by atoms with Crippen molar-refractivity contribution >= 4 is 12.0 Å². The second-order valence-corrected chi connectivity index (χ2v) is 11.6. The number of Topliss-reactive ketones (excluding diaryl/α,β-unsaturated/α-hetero) is 1. The third-order valence-corrected chi connectivity index (χ3v) is 6.79. The lowest BCUT2D eigenvalue weighted by atomic mass is 10.1. The molecule has 3 rings (SSSR count). The fourth-order valence-corrected chi connectivity index (χ4v) is 4.58. The number of benzene rings is 3. The van der Waals surface area contributed by atoms with Crippen molar-refractivity contribution in [2.75, 3.05) is 26.3 Å².